The van der Waals surface area contributed by atoms with Gasteiger partial charge in [-0.1, -0.05) is 0 Å². The molecule has 1 aliphatic rings. The number of nitrogens with one attached hydrogen (secondary N) is 1. The van der Waals surface area contributed by atoms with Crippen molar-refractivity contribution >= 4 is 5.97 Å². The molecular formula is C7H13NO4. The van der Waals surface area contributed by atoms with Gasteiger partial charge >= 0.3 is 5.97 Å². The van der Waals surface area contributed by atoms with Gasteiger partial charge in [-0.3, -0.25) is 0 Å². The molecule has 1 fully saturated rings. The van der Waals surface area contributed by atoms with Gasteiger partial charge in [-0.25, -0.2) is 4.79 Å². The molecule has 0 aromatic carbocycles. The third-order valence-corrected chi connectivity index (χ3v) is 1.74. The van der Waals surface area contributed by atoms with E-state index in [-0.39, 0.29) is 18.8 Å². The predicted molar refractivity (Wildman–Crippen MR) is 40.9 cm³/mol. The number of ether oxygens (including phenoxy) is 1. The Bertz CT molecular complexity index is 161. The first-order chi connectivity index (χ1) is 5.68. The van der Waals surface area contributed by atoms with Crippen molar-refractivity contribution in [2.45, 2.75) is 18.6 Å². The molecule has 0 spiro atoms. The minimum Gasteiger partial charge on any atom is -0.480 e. The van der Waals surface area contributed by atoms with Gasteiger partial charge in [-0.15, -0.1) is 0 Å². The smallest absolute Gasteiger partial charge is 0.329 e. The Morgan fingerprint density at radius 1 is 1.67 bits per heavy atom. The second kappa shape index (κ2) is 4.39. The van der Waals surface area contributed by atoms with Crippen molar-refractivity contribution in [3.8, 4) is 0 Å². The number of aliphatic carboxylic acids is 1. The Morgan fingerprint density at radius 3 is 2.92 bits per heavy atom. The average molecular weight is 175 g/mol. The average Bonchev–Trinajstić information content (AvgIpc) is 2.35. The zero-order valence-corrected chi connectivity index (χ0v) is 6.69. The van der Waals surface area contributed by atoms with Crippen molar-refractivity contribution < 1.29 is 19.7 Å². The summed E-state index contributed by atoms with van der Waals surface area (Å²) in [6.07, 6.45) is 0.322. The molecule has 2 atom stereocenters. The monoisotopic (exact) mass is 175 g/mol. The molecule has 0 amide bonds. The number of carboxylic acid groups (broad SMARTS) is 1. The molecule has 0 aliphatic carbocycles. The molecule has 0 radical (unpaired) electrons. The summed E-state index contributed by atoms with van der Waals surface area (Å²) in [5.41, 5.74) is 0. The highest BCUT2D eigenvalue weighted by Gasteiger charge is 2.21. The van der Waals surface area contributed by atoms with E-state index >= 15 is 0 Å². The number of hydrogen-bond donors (Lipinski definition) is 3. The van der Waals surface area contributed by atoms with Crippen molar-refractivity contribution in [1.29, 1.82) is 0 Å². The Morgan fingerprint density at radius 2 is 2.42 bits per heavy atom. The first-order valence-electron chi connectivity index (χ1n) is 3.89. The van der Waals surface area contributed by atoms with Crippen LogP contribution < -0.4 is 5.32 Å². The molecule has 1 aliphatic heterocycles. The summed E-state index contributed by atoms with van der Waals surface area (Å²) in [5, 5.41) is 20.3. The van der Waals surface area contributed by atoms with Gasteiger partial charge in [-0.2, -0.15) is 0 Å². The Balaban J connectivity index is 2.04. The SMILES string of the molecule is O=C(O)COC[C@@H]1C[C@@H](O)CN1. The molecule has 0 aromatic heterocycles. The second-order valence-corrected chi connectivity index (χ2v) is 2.90. The lowest BCUT2D eigenvalue weighted by atomic mass is 10.2. The van der Waals surface area contributed by atoms with E-state index in [1.165, 1.54) is 0 Å². The molecule has 0 aromatic rings. The molecule has 5 heteroatoms. The van der Waals surface area contributed by atoms with Crippen LogP contribution in [0.4, 0.5) is 0 Å². The number of β-amino-alcohol motifs (C(OH)–C–C–N with tert-alkyl or cyclic N) is 1. The molecule has 0 bridgehead atoms. The summed E-state index contributed by atoms with van der Waals surface area (Å²) >= 11 is 0. The molecule has 1 saturated heterocycles. The molecule has 70 valence electrons. The predicted octanol–water partition coefficient (Wildman–Crippen LogP) is -1.19. The molecule has 3 N–H and O–H groups in total. The van der Waals surface area contributed by atoms with Gasteiger partial charge in [0.05, 0.1) is 12.7 Å². The Kier molecular flexibility index (Phi) is 3.46. The summed E-state index contributed by atoms with van der Waals surface area (Å²) in [7, 11) is 0. The normalized spacial score (nSPS) is 29.1. The zero-order chi connectivity index (χ0) is 8.97. The van der Waals surface area contributed by atoms with E-state index in [4.69, 9.17) is 14.9 Å². The highest BCUT2D eigenvalue weighted by Crippen LogP contribution is 2.05. The summed E-state index contributed by atoms with van der Waals surface area (Å²) in [5.74, 6) is -0.964. The molecular weight excluding hydrogens is 162 g/mol. The first-order valence-corrected chi connectivity index (χ1v) is 3.89. The summed E-state index contributed by atoms with van der Waals surface area (Å²) in [4.78, 5) is 10.0. The van der Waals surface area contributed by atoms with E-state index in [2.05, 4.69) is 5.32 Å². The zero-order valence-electron chi connectivity index (χ0n) is 6.69. The van der Waals surface area contributed by atoms with Crippen molar-refractivity contribution in [2.75, 3.05) is 19.8 Å². The van der Waals surface area contributed by atoms with E-state index in [1.54, 1.807) is 0 Å². The third kappa shape index (κ3) is 3.17. The maximum absolute atomic E-state index is 10.0. The second-order valence-electron chi connectivity index (χ2n) is 2.90. The largest absolute Gasteiger partial charge is 0.480 e. The van der Waals surface area contributed by atoms with Crippen molar-refractivity contribution in [2.24, 2.45) is 0 Å². The number of carboxylic acids is 1. The van der Waals surface area contributed by atoms with Crippen LogP contribution in [0.2, 0.25) is 0 Å². The molecule has 5 nitrogen and oxygen atoms in total. The fraction of sp³-hybridized carbons (Fsp3) is 0.857. The highest BCUT2D eigenvalue weighted by atomic mass is 16.5. The van der Waals surface area contributed by atoms with Crippen LogP contribution in [0.25, 0.3) is 0 Å². The number of carbonyl (C=O) groups is 1. The maximum Gasteiger partial charge on any atom is 0.329 e. The van der Waals surface area contributed by atoms with Crippen LogP contribution in [0, 0.1) is 0 Å². The minimum atomic E-state index is -0.964. The highest BCUT2D eigenvalue weighted by molar-refractivity contribution is 5.67. The van der Waals surface area contributed by atoms with Crippen molar-refractivity contribution in [1.82, 2.24) is 5.32 Å². The number of rotatable bonds is 4. The topological polar surface area (TPSA) is 78.8 Å². The van der Waals surface area contributed by atoms with Gasteiger partial charge < -0.3 is 20.3 Å². The lowest BCUT2D eigenvalue weighted by Gasteiger charge is -2.08. The third-order valence-electron chi connectivity index (χ3n) is 1.74. The van der Waals surface area contributed by atoms with Gasteiger partial charge in [-0.05, 0) is 6.42 Å². The minimum absolute atomic E-state index is 0.0966. The maximum atomic E-state index is 10.0. The lowest BCUT2D eigenvalue weighted by Crippen LogP contribution is -2.27. The Labute approximate surface area is 70.3 Å². The first kappa shape index (κ1) is 9.44. The van der Waals surface area contributed by atoms with Crippen LogP contribution in [0.1, 0.15) is 6.42 Å². The van der Waals surface area contributed by atoms with Gasteiger partial charge in [0.2, 0.25) is 0 Å². The van der Waals surface area contributed by atoms with E-state index < -0.39 is 5.97 Å². The van der Waals surface area contributed by atoms with Gasteiger partial charge in [0.15, 0.2) is 0 Å². The molecule has 1 heterocycles. The van der Waals surface area contributed by atoms with E-state index in [9.17, 15) is 4.79 Å². The summed E-state index contributed by atoms with van der Waals surface area (Å²) in [6, 6.07) is 0.0966. The van der Waals surface area contributed by atoms with Crippen LogP contribution in [0.3, 0.4) is 0 Å². The van der Waals surface area contributed by atoms with Crippen molar-refractivity contribution in [3.63, 3.8) is 0 Å². The van der Waals surface area contributed by atoms with Crippen LogP contribution in [0.5, 0.6) is 0 Å². The fourth-order valence-corrected chi connectivity index (χ4v) is 1.21. The number of aliphatic hydroxyl groups is 1. The molecule has 12 heavy (non-hydrogen) atoms. The summed E-state index contributed by atoms with van der Waals surface area (Å²) < 4.78 is 4.85. The quantitative estimate of drug-likeness (QED) is 0.500. The van der Waals surface area contributed by atoms with Crippen molar-refractivity contribution in [3.05, 3.63) is 0 Å². The fourth-order valence-electron chi connectivity index (χ4n) is 1.21. The van der Waals surface area contributed by atoms with Crippen LogP contribution in [-0.4, -0.2) is 48.1 Å². The van der Waals surface area contributed by atoms with E-state index in [1.807, 2.05) is 0 Å². The van der Waals surface area contributed by atoms with E-state index in [0.29, 0.717) is 19.6 Å². The molecule has 0 saturated carbocycles. The van der Waals surface area contributed by atoms with Crippen LogP contribution in [-0.2, 0) is 9.53 Å². The molecule has 1 rings (SSSR count). The van der Waals surface area contributed by atoms with E-state index in [0.717, 1.165) is 0 Å². The van der Waals surface area contributed by atoms with Gasteiger partial charge in [0.25, 0.3) is 0 Å². The number of hydrogen-bond acceptors (Lipinski definition) is 4. The number of aliphatic hydroxyl groups excluding tert-OH is 1. The van der Waals surface area contributed by atoms with Gasteiger partial charge in [0.1, 0.15) is 6.61 Å². The van der Waals surface area contributed by atoms with Crippen LogP contribution >= 0.6 is 0 Å². The Hall–Kier alpha value is -0.650. The molecule has 0 unspecified atom stereocenters. The van der Waals surface area contributed by atoms with Crippen LogP contribution in [0.15, 0.2) is 0 Å². The standard InChI is InChI=1S/C7H13NO4/c9-6-1-5(8-2-6)3-12-4-7(10)11/h5-6,8-9H,1-4H2,(H,10,11)/t5-,6+/m0/s1. The summed E-state index contributed by atoms with van der Waals surface area (Å²) in [6.45, 7) is 0.652. The van der Waals surface area contributed by atoms with Gasteiger partial charge in [0, 0.05) is 12.6 Å². The lowest BCUT2D eigenvalue weighted by molar-refractivity contribution is -0.142.